The minimum Gasteiger partial charge on any atom is -0.481 e. The molecule has 0 aliphatic carbocycles. The van der Waals surface area contributed by atoms with E-state index in [0.29, 0.717) is 0 Å². The van der Waals surface area contributed by atoms with E-state index >= 15 is 0 Å². The normalized spacial score (nSPS) is 8.69. The maximum absolute atomic E-state index is 10.5. The van der Waals surface area contributed by atoms with Crippen molar-refractivity contribution in [2.24, 2.45) is 5.92 Å². The topological polar surface area (TPSA) is 74.6 Å². The lowest BCUT2D eigenvalue weighted by atomic mass is 10.1. The summed E-state index contributed by atoms with van der Waals surface area (Å²) in [5, 5.41) is 17.0. The van der Waals surface area contributed by atoms with E-state index in [4.69, 9.17) is 16.6 Å². The molecule has 0 heterocycles. The van der Waals surface area contributed by atoms with Gasteiger partial charge in [-0.25, -0.2) is 0 Å². The van der Waals surface area contributed by atoms with Crippen LogP contribution in [0.25, 0.3) is 0 Å². The monoisotopic (exact) mass is 214 g/mol. The number of terminal acetylenes is 1. The van der Waals surface area contributed by atoms with E-state index in [9.17, 15) is 9.59 Å². The Morgan fingerprint density at radius 2 is 1.62 bits per heavy atom. The van der Waals surface area contributed by atoms with Crippen LogP contribution in [0.4, 0.5) is 0 Å². The van der Waals surface area contributed by atoms with Crippen LogP contribution >= 0.6 is 0 Å². The summed E-state index contributed by atoms with van der Waals surface area (Å²) in [6.07, 6.45) is 4.25. The van der Waals surface area contributed by atoms with Crippen molar-refractivity contribution in [1.82, 2.24) is 0 Å². The molecular formula is C12H6O4. The van der Waals surface area contributed by atoms with Crippen LogP contribution in [-0.4, -0.2) is 22.2 Å². The van der Waals surface area contributed by atoms with Crippen LogP contribution < -0.4 is 0 Å². The summed E-state index contributed by atoms with van der Waals surface area (Å²) in [5.41, 5.74) is 0. The van der Waals surface area contributed by atoms with Gasteiger partial charge in [0.05, 0.1) is 6.42 Å². The smallest absolute Gasteiger partial charge is 0.319 e. The van der Waals surface area contributed by atoms with Gasteiger partial charge in [-0.2, -0.15) is 0 Å². The Bertz CT molecular complexity index is 503. The van der Waals surface area contributed by atoms with Gasteiger partial charge < -0.3 is 10.2 Å². The van der Waals surface area contributed by atoms with Crippen molar-refractivity contribution in [2.75, 3.05) is 0 Å². The Labute approximate surface area is 92.7 Å². The predicted molar refractivity (Wildman–Crippen MR) is 55.5 cm³/mol. The van der Waals surface area contributed by atoms with E-state index in [1.54, 1.807) is 0 Å². The number of aliphatic carboxylic acids is 2. The summed E-state index contributed by atoms with van der Waals surface area (Å²) in [6, 6.07) is 0. The van der Waals surface area contributed by atoms with Gasteiger partial charge in [-0.05, 0) is 35.5 Å². The fraction of sp³-hybridized carbons (Fsp3) is 0.167. The van der Waals surface area contributed by atoms with Gasteiger partial charge in [0.2, 0.25) is 0 Å². The molecule has 78 valence electrons. The molecule has 0 radical (unpaired) electrons. The van der Waals surface area contributed by atoms with Crippen molar-refractivity contribution in [3.63, 3.8) is 0 Å². The van der Waals surface area contributed by atoms with Crippen LogP contribution in [0.15, 0.2) is 0 Å². The number of rotatable bonds is 3. The first-order valence-electron chi connectivity index (χ1n) is 3.98. The first-order valence-corrected chi connectivity index (χ1v) is 3.98. The van der Waals surface area contributed by atoms with Crippen molar-refractivity contribution < 1.29 is 19.8 Å². The third-order valence-electron chi connectivity index (χ3n) is 1.25. The molecule has 0 amide bonds. The molecule has 4 heteroatoms. The molecule has 0 aromatic carbocycles. The molecule has 2 N–H and O–H groups in total. The molecule has 1 unspecified atom stereocenters. The first-order chi connectivity index (χ1) is 7.57. The van der Waals surface area contributed by atoms with Crippen molar-refractivity contribution in [3.8, 4) is 47.9 Å². The summed E-state index contributed by atoms with van der Waals surface area (Å²) < 4.78 is 0. The Morgan fingerprint density at radius 1 is 1.06 bits per heavy atom. The van der Waals surface area contributed by atoms with Gasteiger partial charge in [-0.1, -0.05) is 5.92 Å². The van der Waals surface area contributed by atoms with Gasteiger partial charge in [-0.15, -0.1) is 6.42 Å². The second kappa shape index (κ2) is 7.57. The molecule has 0 spiro atoms. The number of carboxylic acid groups (broad SMARTS) is 2. The standard InChI is InChI=1S/C12H6O4/c1-2-3-4-5-6-7-8-10(12(15)16)9-11(13)14/h1,10H,9H2,(H,13,14)(H,15,16). The molecule has 0 bridgehead atoms. The molecule has 0 aromatic heterocycles. The van der Waals surface area contributed by atoms with Crippen LogP contribution in [0.5, 0.6) is 0 Å². The third kappa shape index (κ3) is 6.67. The summed E-state index contributed by atoms with van der Waals surface area (Å²) in [4.78, 5) is 20.8. The Kier molecular flexibility index (Phi) is 6.24. The van der Waals surface area contributed by atoms with Crippen LogP contribution in [-0.2, 0) is 9.59 Å². The SMILES string of the molecule is C#CC#CC#CC#CC(CC(=O)O)C(=O)O. The summed E-state index contributed by atoms with van der Waals surface area (Å²) in [5.74, 6) is 11.6. The fourth-order valence-electron chi connectivity index (χ4n) is 0.628. The number of hydrogen-bond donors (Lipinski definition) is 2. The molecule has 0 aliphatic rings. The van der Waals surface area contributed by atoms with Crippen molar-refractivity contribution in [2.45, 2.75) is 6.42 Å². The van der Waals surface area contributed by atoms with E-state index in [-0.39, 0.29) is 0 Å². The molecule has 0 aromatic rings. The average Bonchev–Trinajstić information content (AvgIpc) is 2.20. The zero-order valence-corrected chi connectivity index (χ0v) is 8.07. The molecule has 0 fully saturated rings. The summed E-state index contributed by atoms with van der Waals surface area (Å²) in [6.45, 7) is 0. The van der Waals surface area contributed by atoms with Crippen molar-refractivity contribution >= 4 is 11.9 Å². The molecule has 16 heavy (non-hydrogen) atoms. The van der Waals surface area contributed by atoms with Crippen molar-refractivity contribution in [3.05, 3.63) is 0 Å². The molecule has 0 saturated carbocycles. The fourth-order valence-corrected chi connectivity index (χ4v) is 0.628. The van der Waals surface area contributed by atoms with E-state index in [1.807, 2.05) is 5.92 Å². The van der Waals surface area contributed by atoms with E-state index in [1.165, 1.54) is 0 Å². The minimum atomic E-state index is -1.30. The molecule has 0 aliphatic heterocycles. The number of carbonyl (C=O) groups is 2. The van der Waals surface area contributed by atoms with Crippen LogP contribution in [0.2, 0.25) is 0 Å². The van der Waals surface area contributed by atoms with Crippen LogP contribution in [0.1, 0.15) is 6.42 Å². The second-order valence-corrected chi connectivity index (χ2v) is 2.40. The quantitative estimate of drug-likeness (QED) is 0.638. The van der Waals surface area contributed by atoms with Crippen molar-refractivity contribution in [1.29, 1.82) is 0 Å². The largest absolute Gasteiger partial charge is 0.481 e. The zero-order chi connectivity index (χ0) is 12.4. The van der Waals surface area contributed by atoms with E-state index < -0.39 is 24.3 Å². The predicted octanol–water partition coefficient (Wildman–Crippen LogP) is -0.195. The van der Waals surface area contributed by atoms with Gasteiger partial charge in [0, 0.05) is 0 Å². The molecule has 4 nitrogen and oxygen atoms in total. The maximum atomic E-state index is 10.5. The number of carboxylic acids is 2. The lowest BCUT2D eigenvalue weighted by Gasteiger charge is -1.98. The molecule has 0 rings (SSSR count). The van der Waals surface area contributed by atoms with E-state index in [2.05, 4.69) is 35.5 Å². The molecular weight excluding hydrogens is 208 g/mol. The van der Waals surface area contributed by atoms with Crippen LogP contribution in [0, 0.1) is 53.8 Å². The third-order valence-corrected chi connectivity index (χ3v) is 1.25. The molecule has 1 atom stereocenters. The van der Waals surface area contributed by atoms with Gasteiger partial charge in [0.25, 0.3) is 0 Å². The van der Waals surface area contributed by atoms with Gasteiger partial charge in [0.15, 0.2) is 0 Å². The minimum absolute atomic E-state index is 0.569. The highest BCUT2D eigenvalue weighted by atomic mass is 16.4. The van der Waals surface area contributed by atoms with Crippen LogP contribution in [0.3, 0.4) is 0 Å². The highest BCUT2D eigenvalue weighted by molar-refractivity contribution is 5.80. The Hall–Kier alpha value is -2.82. The highest BCUT2D eigenvalue weighted by Crippen LogP contribution is 2.00. The molecule has 0 saturated heterocycles. The summed E-state index contributed by atoms with van der Waals surface area (Å²) >= 11 is 0. The van der Waals surface area contributed by atoms with Gasteiger partial charge >= 0.3 is 11.9 Å². The number of hydrogen-bond acceptors (Lipinski definition) is 2. The summed E-state index contributed by atoms with van der Waals surface area (Å²) in [7, 11) is 0. The Morgan fingerprint density at radius 3 is 2.12 bits per heavy atom. The lowest BCUT2D eigenvalue weighted by Crippen LogP contribution is -2.15. The van der Waals surface area contributed by atoms with Gasteiger partial charge in [-0.3, -0.25) is 9.59 Å². The van der Waals surface area contributed by atoms with Gasteiger partial charge in [0.1, 0.15) is 5.92 Å². The Balaban J connectivity index is 4.57. The average molecular weight is 214 g/mol. The second-order valence-electron chi connectivity index (χ2n) is 2.40. The highest BCUT2D eigenvalue weighted by Gasteiger charge is 2.17. The first kappa shape index (κ1) is 13.2. The zero-order valence-electron chi connectivity index (χ0n) is 8.07. The van der Waals surface area contributed by atoms with E-state index in [0.717, 1.165) is 0 Å². The lowest BCUT2D eigenvalue weighted by molar-refractivity contribution is -0.146. The maximum Gasteiger partial charge on any atom is 0.319 e.